The van der Waals surface area contributed by atoms with E-state index in [9.17, 15) is 4.79 Å². The van der Waals surface area contributed by atoms with Crippen molar-refractivity contribution in [2.24, 2.45) is 0 Å². The zero-order valence-electron chi connectivity index (χ0n) is 19.7. The van der Waals surface area contributed by atoms with Gasteiger partial charge in [-0.1, -0.05) is 75.4 Å². The number of unbranched alkanes of at least 4 members (excludes halogenated alkanes) is 2. The van der Waals surface area contributed by atoms with Crippen LogP contribution in [-0.2, 0) is 24.2 Å². The number of carbonyl (C=O) groups excluding carboxylic acids is 1. The Morgan fingerprint density at radius 1 is 1.00 bits per heavy atom. The summed E-state index contributed by atoms with van der Waals surface area (Å²) < 4.78 is 9.72. The monoisotopic (exact) mass is 460 g/mol. The minimum absolute atomic E-state index is 0.217. The largest absolute Gasteiger partial charge is 0.444 e. The molecule has 0 aliphatic rings. The predicted octanol–water partition coefficient (Wildman–Crippen LogP) is 7.29. The average molecular weight is 461 g/mol. The molecule has 0 unspecified atom stereocenters. The van der Waals surface area contributed by atoms with Crippen LogP contribution >= 0.6 is 11.5 Å². The molecule has 4 nitrogen and oxygen atoms in total. The zero-order chi connectivity index (χ0) is 23.5. The average Bonchev–Trinajstić information content (AvgIpc) is 3.17. The van der Waals surface area contributed by atoms with Gasteiger partial charge in [-0.15, -0.1) is 0 Å². The van der Waals surface area contributed by atoms with Gasteiger partial charge in [0.1, 0.15) is 11.5 Å². The SMILES string of the molecule is CCCCCc1ccc(C#Cc2snc(C)c2NC(=O)OCc2ccccc2)cc1CCC. The molecule has 1 aromatic heterocycles. The molecule has 5 heteroatoms. The lowest BCUT2D eigenvalue weighted by Crippen LogP contribution is -2.14. The zero-order valence-corrected chi connectivity index (χ0v) is 20.6. The quantitative estimate of drug-likeness (QED) is 0.269. The molecule has 3 rings (SSSR count). The molecule has 0 radical (unpaired) electrons. The molecule has 3 aromatic rings. The number of ether oxygens (including phenoxy) is 1. The summed E-state index contributed by atoms with van der Waals surface area (Å²) in [6, 6.07) is 16.1. The van der Waals surface area contributed by atoms with Gasteiger partial charge in [-0.05, 0) is 72.5 Å². The van der Waals surface area contributed by atoms with Crippen LogP contribution in [0.5, 0.6) is 0 Å². The van der Waals surface area contributed by atoms with Gasteiger partial charge in [0, 0.05) is 5.56 Å². The fourth-order valence-electron chi connectivity index (χ4n) is 3.61. The minimum atomic E-state index is -0.508. The minimum Gasteiger partial charge on any atom is -0.444 e. The lowest BCUT2D eigenvalue weighted by Gasteiger charge is -2.09. The molecule has 0 aliphatic heterocycles. The number of benzene rings is 2. The Balaban J connectivity index is 1.70. The maximum absolute atomic E-state index is 12.3. The molecular formula is C28H32N2O2S. The summed E-state index contributed by atoms with van der Waals surface area (Å²) in [5, 5.41) is 2.82. The van der Waals surface area contributed by atoms with Crippen LogP contribution in [0.4, 0.5) is 10.5 Å². The first-order valence-corrected chi connectivity index (χ1v) is 12.5. The molecular weight excluding hydrogens is 428 g/mol. The first-order valence-electron chi connectivity index (χ1n) is 11.7. The maximum Gasteiger partial charge on any atom is 0.412 e. The molecule has 1 heterocycles. The summed E-state index contributed by atoms with van der Waals surface area (Å²) in [5.74, 6) is 6.47. The van der Waals surface area contributed by atoms with E-state index in [1.54, 1.807) is 0 Å². The number of amides is 1. The smallest absolute Gasteiger partial charge is 0.412 e. The second-order valence-electron chi connectivity index (χ2n) is 8.10. The van der Waals surface area contributed by atoms with E-state index in [1.807, 2.05) is 37.3 Å². The third kappa shape index (κ3) is 7.47. The van der Waals surface area contributed by atoms with Crippen LogP contribution in [0, 0.1) is 18.8 Å². The Bertz CT molecular complexity index is 1110. The standard InChI is InChI=1S/C28H32N2O2S/c1-4-6-8-14-24-17-15-22(19-25(24)11-5-2)16-18-26-27(21(3)30-33-26)29-28(31)32-20-23-12-9-7-10-13-23/h7,9-10,12-13,15,17,19H,4-6,8,11,14,20H2,1-3H3,(H,29,31). The van der Waals surface area contributed by atoms with Gasteiger partial charge in [0.2, 0.25) is 0 Å². The van der Waals surface area contributed by atoms with Crippen molar-refractivity contribution >= 4 is 23.3 Å². The van der Waals surface area contributed by atoms with Crippen LogP contribution in [0.15, 0.2) is 48.5 Å². The summed E-state index contributed by atoms with van der Waals surface area (Å²) in [5.41, 5.74) is 6.11. The van der Waals surface area contributed by atoms with Crippen LogP contribution < -0.4 is 5.32 Å². The van der Waals surface area contributed by atoms with Gasteiger partial charge in [-0.3, -0.25) is 5.32 Å². The number of anilines is 1. The second kappa shape index (κ2) is 12.8. The van der Waals surface area contributed by atoms with Crippen LogP contribution in [0.3, 0.4) is 0 Å². The Hall–Kier alpha value is -3.10. The lowest BCUT2D eigenvalue weighted by atomic mass is 9.96. The first kappa shape index (κ1) is 24.5. The van der Waals surface area contributed by atoms with Crippen molar-refractivity contribution in [2.45, 2.75) is 65.9 Å². The number of carbonyl (C=O) groups is 1. The first-order chi connectivity index (χ1) is 16.1. The predicted molar refractivity (Wildman–Crippen MR) is 137 cm³/mol. The number of hydrogen-bond donors (Lipinski definition) is 1. The second-order valence-corrected chi connectivity index (χ2v) is 8.87. The molecule has 1 amide bonds. The van der Waals surface area contributed by atoms with Crippen LogP contribution in [-0.4, -0.2) is 10.5 Å². The molecule has 0 saturated heterocycles. The molecule has 172 valence electrons. The van der Waals surface area contributed by atoms with E-state index in [4.69, 9.17) is 4.74 Å². The summed E-state index contributed by atoms with van der Waals surface area (Å²) in [6.45, 7) is 6.52. The van der Waals surface area contributed by atoms with Crippen molar-refractivity contribution in [3.8, 4) is 11.8 Å². The highest BCUT2D eigenvalue weighted by Gasteiger charge is 2.13. The van der Waals surface area contributed by atoms with Gasteiger partial charge in [0.15, 0.2) is 0 Å². The fourth-order valence-corrected chi connectivity index (χ4v) is 4.31. The van der Waals surface area contributed by atoms with Gasteiger partial charge in [0.25, 0.3) is 0 Å². The number of aryl methyl sites for hydroxylation is 3. The van der Waals surface area contributed by atoms with Crippen molar-refractivity contribution in [3.05, 3.63) is 81.4 Å². The van der Waals surface area contributed by atoms with E-state index in [-0.39, 0.29) is 6.61 Å². The van der Waals surface area contributed by atoms with Crippen molar-refractivity contribution < 1.29 is 9.53 Å². The number of nitrogens with zero attached hydrogens (tertiary/aromatic N) is 1. The highest BCUT2D eigenvalue weighted by atomic mass is 32.1. The van der Waals surface area contributed by atoms with E-state index in [0.717, 1.165) is 41.0 Å². The topological polar surface area (TPSA) is 51.2 Å². The highest BCUT2D eigenvalue weighted by molar-refractivity contribution is 7.07. The summed E-state index contributed by atoms with van der Waals surface area (Å²) in [6.07, 6.45) is 6.53. The Morgan fingerprint density at radius 2 is 1.82 bits per heavy atom. The van der Waals surface area contributed by atoms with E-state index < -0.39 is 6.09 Å². The van der Waals surface area contributed by atoms with Gasteiger partial charge in [-0.25, -0.2) is 4.79 Å². The van der Waals surface area contributed by atoms with Crippen molar-refractivity contribution in [3.63, 3.8) is 0 Å². The van der Waals surface area contributed by atoms with Gasteiger partial charge < -0.3 is 4.74 Å². The molecule has 2 aromatic carbocycles. The van der Waals surface area contributed by atoms with Crippen LogP contribution in [0.25, 0.3) is 0 Å². The highest BCUT2D eigenvalue weighted by Crippen LogP contribution is 2.24. The van der Waals surface area contributed by atoms with E-state index >= 15 is 0 Å². The van der Waals surface area contributed by atoms with E-state index in [2.05, 4.69) is 53.6 Å². The van der Waals surface area contributed by atoms with Gasteiger partial charge >= 0.3 is 6.09 Å². The Kier molecular flexibility index (Phi) is 9.53. The van der Waals surface area contributed by atoms with E-state index in [1.165, 1.54) is 41.9 Å². The maximum atomic E-state index is 12.3. The molecule has 0 saturated carbocycles. The number of aromatic nitrogens is 1. The molecule has 0 atom stereocenters. The van der Waals surface area contributed by atoms with E-state index in [0.29, 0.717) is 5.69 Å². The molecule has 0 bridgehead atoms. The lowest BCUT2D eigenvalue weighted by molar-refractivity contribution is 0.155. The van der Waals surface area contributed by atoms with Crippen LogP contribution in [0.2, 0.25) is 0 Å². The van der Waals surface area contributed by atoms with Crippen molar-refractivity contribution in [2.75, 3.05) is 5.32 Å². The Morgan fingerprint density at radius 3 is 2.58 bits per heavy atom. The van der Waals surface area contributed by atoms with Crippen molar-refractivity contribution in [1.29, 1.82) is 0 Å². The Labute approximate surface area is 201 Å². The molecule has 0 aliphatic carbocycles. The summed E-state index contributed by atoms with van der Waals surface area (Å²) in [4.78, 5) is 13.0. The fraction of sp³-hybridized carbons (Fsp3) is 0.357. The molecule has 0 fully saturated rings. The number of rotatable bonds is 9. The molecule has 33 heavy (non-hydrogen) atoms. The normalized spacial score (nSPS) is 10.4. The molecule has 1 N–H and O–H groups in total. The van der Waals surface area contributed by atoms with Crippen LogP contribution in [0.1, 0.15) is 72.4 Å². The third-order valence-corrected chi connectivity index (χ3v) is 6.25. The van der Waals surface area contributed by atoms with Crippen molar-refractivity contribution in [1.82, 2.24) is 4.37 Å². The summed E-state index contributed by atoms with van der Waals surface area (Å²) >= 11 is 1.29. The van der Waals surface area contributed by atoms with Gasteiger partial charge in [-0.2, -0.15) is 4.37 Å². The summed E-state index contributed by atoms with van der Waals surface area (Å²) in [7, 11) is 0. The number of hydrogen-bond acceptors (Lipinski definition) is 4. The molecule has 0 spiro atoms. The van der Waals surface area contributed by atoms with Gasteiger partial charge in [0.05, 0.1) is 11.4 Å². The third-order valence-electron chi connectivity index (χ3n) is 5.40. The number of nitrogens with one attached hydrogen (secondary N) is 1.